The zero-order chi connectivity index (χ0) is 13.7. The normalized spacial score (nSPS) is 15.8. The molecule has 0 heterocycles. The molecule has 1 aliphatic rings. The minimum absolute atomic E-state index is 0.103. The molecule has 1 atom stereocenters. The van der Waals surface area contributed by atoms with E-state index in [1.807, 2.05) is 30.3 Å². The summed E-state index contributed by atoms with van der Waals surface area (Å²) in [6.07, 6.45) is 4.04. The van der Waals surface area contributed by atoms with Gasteiger partial charge in [0.1, 0.15) is 6.04 Å². The van der Waals surface area contributed by atoms with Gasteiger partial charge in [-0.1, -0.05) is 43.2 Å². The van der Waals surface area contributed by atoms with E-state index >= 15 is 0 Å². The van der Waals surface area contributed by atoms with Crippen LogP contribution in [-0.2, 0) is 16.0 Å². The van der Waals surface area contributed by atoms with E-state index in [1.165, 1.54) is 0 Å². The van der Waals surface area contributed by atoms with Gasteiger partial charge in [-0.2, -0.15) is 0 Å². The molecule has 0 spiro atoms. The van der Waals surface area contributed by atoms with Gasteiger partial charge in [0.05, 0.1) is 0 Å². The van der Waals surface area contributed by atoms with Crippen LogP contribution in [0.25, 0.3) is 0 Å². The van der Waals surface area contributed by atoms with Gasteiger partial charge in [-0.25, -0.2) is 0 Å². The summed E-state index contributed by atoms with van der Waals surface area (Å²) in [5.41, 5.74) is 6.44. The number of primary amides is 1. The summed E-state index contributed by atoms with van der Waals surface area (Å²) in [4.78, 5) is 23.1. The second-order valence-corrected chi connectivity index (χ2v) is 5.19. The predicted octanol–water partition coefficient (Wildman–Crippen LogP) is 1.39. The number of benzene rings is 1. The quantitative estimate of drug-likeness (QED) is 0.777. The minimum atomic E-state index is -0.504. The van der Waals surface area contributed by atoms with Gasteiger partial charge in [0, 0.05) is 6.42 Å². The minimum Gasteiger partial charge on any atom is -0.368 e. The highest BCUT2D eigenvalue weighted by Crippen LogP contribution is 2.33. The lowest BCUT2D eigenvalue weighted by Crippen LogP contribution is -2.44. The van der Waals surface area contributed by atoms with Crippen LogP contribution in [0, 0.1) is 5.92 Å². The standard InChI is InChI=1S/C15H20N2O2/c16-15(19)13(10-12-6-7-12)17-14(18)9-8-11-4-2-1-3-5-11/h1-5,12-13H,6-10H2,(H2,16,19)(H,17,18)/t13-/m1/s1. The Balaban J connectivity index is 1.77. The molecule has 0 saturated heterocycles. The van der Waals surface area contributed by atoms with Crippen molar-refractivity contribution in [1.82, 2.24) is 5.32 Å². The lowest BCUT2D eigenvalue weighted by atomic mass is 10.1. The lowest BCUT2D eigenvalue weighted by Gasteiger charge is -2.15. The summed E-state index contributed by atoms with van der Waals surface area (Å²) in [6, 6.07) is 9.32. The average Bonchev–Trinajstić information content (AvgIpc) is 3.21. The third kappa shape index (κ3) is 4.73. The van der Waals surface area contributed by atoms with Crippen LogP contribution in [0.2, 0.25) is 0 Å². The number of nitrogens with two attached hydrogens (primary N) is 1. The molecule has 1 aromatic rings. The van der Waals surface area contributed by atoms with Gasteiger partial charge < -0.3 is 11.1 Å². The summed E-state index contributed by atoms with van der Waals surface area (Å²) in [5.74, 6) is 0.0280. The Hall–Kier alpha value is -1.84. The maximum Gasteiger partial charge on any atom is 0.240 e. The first-order chi connectivity index (χ1) is 9.15. The highest BCUT2D eigenvalue weighted by Gasteiger charge is 2.28. The monoisotopic (exact) mass is 260 g/mol. The summed E-state index contributed by atoms with van der Waals surface area (Å²) < 4.78 is 0. The van der Waals surface area contributed by atoms with Gasteiger partial charge >= 0.3 is 0 Å². The van der Waals surface area contributed by atoms with Gasteiger partial charge in [-0.05, 0) is 24.3 Å². The molecular formula is C15H20N2O2. The molecular weight excluding hydrogens is 240 g/mol. The zero-order valence-electron chi connectivity index (χ0n) is 11.0. The summed E-state index contributed by atoms with van der Waals surface area (Å²) in [5, 5.41) is 2.74. The van der Waals surface area contributed by atoms with Crippen LogP contribution in [0.15, 0.2) is 30.3 Å². The van der Waals surface area contributed by atoms with Crippen LogP contribution in [0.1, 0.15) is 31.2 Å². The Labute approximate surface area is 113 Å². The molecule has 1 fully saturated rings. The van der Waals surface area contributed by atoms with Crippen molar-refractivity contribution < 1.29 is 9.59 Å². The lowest BCUT2D eigenvalue weighted by molar-refractivity contribution is -0.127. The van der Waals surface area contributed by atoms with Crippen LogP contribution < -0.4 is 11.1 Å². The SMILES string of the molecule is NC(=O)[C@@H](CC1CC1)NC(=O)CCc1ccccc1. The van der Waals surface area contributed by atoms with Gasteiger partial charge in [0.2, 0.25) is 11.8 Å². The molecule has 4 nitrogen and oxygen atoms in total. The number of carbonyl (C=O) groups is 2. The van der Waals surface area contributed by atoms with Crippen LogP contribution >= 0.6 is 0 Å². The Morgan fingerprint density at radius 3 is 2.53 bits per heavy atom. The van der Waals surface area contributed by atoms with Crippen LogP contribution in [0.3, 0.4) is 0 Å². The van der Waals surface area contributed by atoms with Crippen molar-refractivity contribution in [3.63, 3.8) is 0 Å². The fourth-order valence-corrected chi connectivity index (χ4v) is 2.10. The average molecular weight is 260 g/mol. The fraction of sp³-hybridized carbons (Fsp3) is 0.467. The highest BCUT2D eigenvalue weighted by molar-refractivity contribution is 5.86. The molecule has 0 unspecified atom stereocenters. The molecule has 1 aromatic carbocycles. The smallest absolute Gasteiger partial charge is 0.240 e. The summed E-state index contributed by atoms with van der Waals surface area (Å²) in [6.45, 7) is 0. The molecule has 0 aliphatic heterocycles. The number of hydrogen-bond acceptors (Lipinski definition) is 2. The maximum atomic E-state index is 11.8. The largest absolute Gasteiger partial charge is 0.368 e. The molecule has 1 saturated carbocycles. The van der Waals surface area contributed by atoms with Crippen LogP contribution in [0.4, 0.5) is 0 Å². The third-order valence-electron chi connectivity index (χ3n) is 3.43. The molecule has 1 aliphatic carbocycles. The number of carbonyl (C=O) groups excluding carboxylic acids is 2. The zero-order valence-corrected chi connectivity index (χ0v) is 11.0. The summed E-state index contributed by atoms with van der Waals surface area (Å²) >= 11 is 0. The summed E-state index contributed by atoms with van der Waals surface area (Å²) in [7, 11) is 0. The Morgan fingerprint density at radius 2 is 1.95 bits per heavy atom. The van der Waals surface area contributed by atoms with E-state index in [4.69, 9.17) is 5.73 Å². The van der Waals surface area contributed by atoms with E-state index in [2.05, 4.69) is 5.32 Å². The first-order valence-corrected chi connectivity index (χ1v) is 6.78. The molecule has 0 aromatic heterocycles. The van der Waals surface area contributed by atoms with Crippen LogP contribution in [0.5, 0.6) is 0 Å². The Bertz CT molecular complexity index is 441. The van der Waals surface area contributed by atoms with E-state index in [0.717, 1.165) is 18.4 Å². The Morgan fingerprint density at radius 1 is 1.26 bits per heavy atom. The van der Waals surface area contributed by atoms with Crippen LogP contribution in [-0.4, -0.2) is 17.9 Å². The molecule has 2 rings (SSSR count). The number of aryl methyl sites for hydroxylation is 1. The van der Waals surface area contributed by atoms with Crippen molar-refractivity contribution in [3.05, 3.63) is 35.9 Å². The maximum absolute atomic E-state index is 11.8. The molecule has 102 valence electrons. The van der Waals surface area contributed by atoms with Crippen molar-refractivity contribution in [2.75, 3.05) is 0 Å². The molecule has 2 amide bonds. The highest BCUT2D eigenvalue weighted by atomic mass is 16.2. The number of rotatable bonds is 7. The van der Waals surface area contributed by atoms with Gasteiger partial charge in [-0.15, -0.1) is 0 Å². The van der Waals surface area contributed by atoms with Crippen molar-refractivity contribution >= 4 is 11.8 Å². The van der Waals surface area contributed by atoms with E-state index < -0.39 is 11.9 Å². The van der Waals surface area contributed by atoms with Crippen molar-refractivity contribution in [2.45, 2.75) is 38.1 Å². The molecule has 0 bridgehead atoms. The molecule has 4 heteroatoms. The molecule has 0 radical (unpaired) electrons. The molecule has 19 heavy (non-hydrogen) atoms. The van der Waals surface area contributed by atoms with Gasteiger partial charge in [-0.3, -0.25) is 9.59 Å². The second-order valence-electron chi connectivity index (χ2n) is 5.19. The fourth-order valence-electron chi connectivity index (χ4n) is 2.10. The second kappa shape index (κ2) is 6.36. The molecule has 3 N–H and O–H groups in total. The first-order valence-electron chi connectivity index (χ1n) is 6.78. The van der Waals surface area contributed by atoms with Crippen molar-refractivity contribution in [1.29, 1.82) is 0 Å². The number of nitrogens with one attached hydrogen (secondary N) is 1. The van der Waals surface area contributed by atoms with Gasteiger partial charge in [0.25, 0.3) is 0 Å². The van der Waals surface area contributed by atoms with E-state index in [9.17, 15) is 9.59 Å². The van der Waals surface area contributed by atoms with Crippen molar-refractivity contribution in [2.24, 2.45) is 11.7 Å². The topological polar surface area (TPSA) is 72.2 Å². The number of hydrogen-bond donors (Lipinski definition) is 2. The first kappa shape index (κ1) is 13.6. The van der Waals surface area contributed by atoms with E-state index in [-0.39, 0.29) is 5.91 Å². The van der Waals surface area contributed by atoms with Gasteiger partial charge in [0.15, 0.2) is 0 Å². The van der Waals surface area contributed by atoms with E-state index in [0.29, 0.717) is 25.2 Å². The van der Waals surface area contributed by atoms with Crippen molar-refractivity contribution in [3.8, 4) is 0 Å². The van der Waals surface area contributed by atoms with E-state index in [1.54, 1.807) is 0 Å². The Kier molecular flexibility index (Phi) is 4.55. The number of amides is 2. The third-order valence-corrected chi connectivity index (χ3v) is 3.43. The predicted molar refractivity (Wildman–Crippen MR) is 73.2 cm³/mol.